The number of hydrogen-bond acceptors (Lipinski definition) is 2. The van der Waals surface area contributed by atoms with Crippen LogP contribution < -0.4 is 0 Å². The average Bonchev–Trinajstić information content (AvgIpc) is 2.25. The van der Waals surface area contributed by atoms with E-state index in [1.807, 2.05) is 13.0 Å². The first-order valence-electron chi connectivity index (χ1n) is 6.94. The van der Waals surface area contributed by atoms with Crippen molar-refractivity contribution in [3.8, 4) is 0 Å². The van der Waals surface area contributed by atoms with E-state index in [2.05, 4.69) is 31.8 Å². The Labute approximate surface area is 113 Å². The van der Waals surface area contributed by atoms with Crippen LogP contribution in [0, 0.1) is 0 Å². The van der Waals surface area contributed by atoms with Crippen LogP contribution in [0.2, 0.25) is 25.7 Å². The summed E-state index contributed by atoms with van der Waals surface area (Å²) in [4.78, 5) is 11.0. The van der Waals surface area contributed by atoms with Gasteiger partial charge in [-0.25, -0.2) is 4.79 Å². The van der Waals surface area contributed by atoms with Gasteiger partial charge in [-0.1, -0.05) is 43.9 Å². The van der Waals surface area contributed by atoms with E-state index in [1.54, 1.807) is 0 Å². The van der Waals surface area contributed by atoms with Gasteiger partial charge >= 0.3 is 5.97 Å². The van der Waals surface area contributed by atoms with Gasteiger partial charge in [0.05, 0.1) is 6.61 Å². The summed E-state index contributed by atoms with van der Waals surface area (Å²) in [6.07, 6.45) is 12.3. The molecule has 3 heteroatoms. The molecule has 0 unspecified atom stereocenters. The molecular formula is C15H28O2Si. The molecule has 0 aliphatic heterocycles. The highest BCUT2D eigenvalue weighted by atomic mass is 28.3. The Morgan fingerprint density at radius 2 is 1.67 bits per heavy atom. The SMILES string of the molecule is CCOC(=O)/C=C/CCC/C=C\CC[Si](C)(C)C. The maximum Gasteiger partial charge on any atom is 0.330 e. The molecule has 104 valence electrons. The predicted molar refractivity (Wildman–Crippen MR) is 81.5 cm³/mol. The van der Waals surface area contributed by atoms with Crippen molar-refractivity contribution in [2.75, 3.05) is 6.61 Å². The second-order valence-electron chi connectivity index (χ2n) is 5.66. The highest BCUT2D eigenvalue weighted by molar-refractivity contribution is 6.76. The van der Waals surface area contributed by atoms with Crippen LogP contribution in [0.5, 0.6) is 0 Å². The molecule has 0 heterocycles. The molecule has 0 N–H and O–H groups in total. The molecule has 2 nitrogen and oxygen atoms in total. The summed E-state index contributed by atoms with van der Waals surface area (Å²) < 4.78 is 4.80. The molecule has 0 atom stereocenters. The average molecular weight is 268 g/mol. The summed E-state index contributed by atoms with van der Waals surface area (Å²) in [5.41, 5.74) is 0. The molecule has 0 radical (unpaired) electrons. The molecule has 0 saturated heterocycles. The molecule has 0 amide bonds. The Morgan fingerprint density at radius 1 is 1.06 bits per heavy atom. The van der Waals surface area contributed by atoms with E-state index in [1.165, 1.54) is 18.5 Å². The highest BCUT2D eigenvalue weighted by Gasteiger charge is 2.10. The van der Waals surface area contributed by atoms with Crippen LogP contribution in [-0.4, -0.2) is 20.7 Å². The summed E-state index contributed by atoms with van der Waals surface area (Å²) in [6, 6.07) is 1.37. The van der Waals surface area contributed by atoms with Gasteiger partial charge in [0, 0.05) is 14.1 Å². The van der Waals surface area contributed by atoms with Gasteiger partial charge in [0.25, 0.3) is 0 Å². The second kappa shape index (κ2) is 10.1. The highest BCUT2D eigenvalue weighted by Crippen LogP contribution is 2.11. The summed E-state index contributed by atoms with van der Waals surface area (Å²) in [7, 11) is -0.873. The van der Waals surface area contributed by atoms with E-state index in [-0.39, 0.29) is 5.97 Å². The van der Waals surface area contributed by atoms with E-state index in [0.29, 0.717) is 6.61 Å². The van der Waals surface area contributed by atoms with Crippen molar-refractivity contribution in [1.82, 2.24) is 0 Å². The number of carbonyl (C=O) groups is 1. The van der Waals surface area contributed by atoms with Crippen molar-refractivity contribution in [3.05, 3.63) is 24.3 Å². The maximum atomic E-state index is 11.0. The summed E-state index contributed by atoms with van der Waals surface area (Å²) in [6.45, 7) is 9.48. The molecular weight excluding hydrogens is 240 g/mol. The van der Waals surface area contributed by atoms with Crippen molar-refractivity contribution in [1.29, 1.82) is 0 Å². The molecule has 0 aliphatic carbocycles. The first kappa shape index (κ1) is 17.2. The van der Waals surface area contributed by atoms with E-state index >= 15 is 0 Å². The van der Waals surface area contributed by atoms with E-state index in [0.717, 1.165) is 19.3 Å². The molecule has 0 aromatic heterocycles. The Bertz CT molecular complexity index is 275. The van der Waals surface area contributed by atoms with Crippen LogP contribution >= 0.6 is 0 Å². The fraction of sp³-hybridized carbons (Fsp3) is 0.667. The number of ether oxygens (including phenoxy) is 1. The van der Waals surface area contributed by atoms with Gasteiger partial charge in [0.1, 0.15) is 0 Å². The molecule has 0 aromatic carbocycles. The van der Waals surface area contributed by atoms with Gasteiger partial charge in [0.15, 0.2) is 0 Å². The number of hydrogen-bond donors (Lipinski definition) is 0. The Hall–Kier alpha value is -0.833. The molecule has 0 rings (SSSR count). The number of carbonyl (C=O) groups excluding carboxylic acids is 1. The Kier molecular flexibility index (Phi) is 9.65. The molecule has 18 heavy (non-hydrogen) atoms. The lowest BCUT2D eigenvalue weighted by Gasteiger charge is -2.13. The summed E-state index contributed by atoms with van der Waals surface area (Å²) >= 11 is 0. The van der Waals surface area contributed by atoms with Crippen LogP contribution in [0.15, 0.2) is 24.3 Å². The summed E-state index contributed by atoms with van der Waals surface area (Å²) in [5.74, 6) is -0.233. The van der Waals surface area contributed by atoms with Crippen molar-refractivity contribution >= 4 is 14.0 Å². The topological polar surface area (TPSA) is 26.3 Å². The second-order valence-corrected chi connectivity index (χ2v) is 11.3. The minimum atomic E-state index is -0.873. The van der Waals surface area contributed by atoms with E-state index in [4.69, 9.17) is 4.74 Å². The quantitative estimate of drug-likeness (QED) is 0.201. The molecule has 0 aromatic rings. The van der Waals surface area contributed by atoms with Crippen LogP contribution in [-0.2, 0) is 9.53 Å². The maximum absolute atomic E-state index is 11.0. The largest absolute Gasteiger partial charge is 0.463 e. The number of allylic oxidation sites excluding steroid dienone is 3. The zero-order valence-corrected chi connectivity index (χ0v) is 13.4. The molecule has 0 bridgehead atoms. The van der Waals surface area contributed by atoms with Gasteiger partial charge in [-0.05, 0) is 32.6 Å². The lowest BCUT2D eigenvalue weighted by atomic mass is 10.2. The predicted octanol–water partition coefficient (Wildman–Crippen LogP) is 4.56. The number of unbranched alkanes of at least 4 members (excludes halogenated alkanes) is 2. The first-order valence-corrected chi connectivity index (χ1v) is 10.6. The molecule has 0 fully saturated rings. The number of esters is 1. The molecule has 0 aliphatic rings. The van der Waals surface area contributed by atoms with Crippen molar-refractivity contribution in [3.63, 3.8) is 0 Å². The third-order valence-corrected chi connectivity index (χ3v) is 4.30. The van der Waals surface area contributed by atoms with Gasteiger partial charge < -0.3 is 4.74 Å². The van der Waals surface area contributed by atoms with Crippen molar-refractivity contribution in [2.24, 2.45) is 0 Å². The lowest BCUT2D eigenvalue weighted by Crippen LogP contribution is -2.18. The normalized spacial score (nSPS) is 12.4. The third kappa shape index (κ3) is 13.2. The minimum Gasteiger partial charge on any atom is -0.463 e. The summed E-state index contributed by atoms with van der Waals surface area (Å²) in [5, 5.41) is 0. The van der Waals surface area contributed by atoms with Gasteiger partial charge in [-0.2, -0.15) is 0 Å². The van der Waals surface area contributed by atoms with Crippen molar-refractivity contribution < 1.29 is 9.53 Å². The van der Waals surface area contributed by atoms with Crippen LogP contribution in [0.25, 0.3) is 0 Å². The van der Waals surface area contributed by atoms with Crippen molar-refractivity contribution in [2.45, 2.75) is 58.3 Å². The Morgan fingerprint density at radius 3 is 2.28 bits per heavy atom. The fourth-order valence-electron chi connectivity index (χ4n) is 1.48. The van der Waals surface area contributed by atoms with E-state index < -0.39 is 8.07 Å². The third-order valence-electron chi connectivity index (χ3n) is 2.51. The van der Waals surface area contributed by atoms with Gasteiger partial charge in [-0.15, -0.1) is 0 Å². The smallest absolute Gasteiger partial charge is 0.330 e. The zero-order valence-electron chi connectivity index (χ0n) is 12.4. The molecule has 0 spiro atoms. The van der Waals surface area contributed by atoms with Crippen LogP contribution in [0.4, 0.5) is 0 Å². The lowest BCUT2D eigenvalue weighted by molar-refractivity contribution is -0.137. The zero-order chi connectivity index (χ0) is 13.9. The molecule has 0 saturated carbocycles. The fourth-order valence-corrected chi connectivity index (χ4v) is 2.51. The monoisotopic (exact) mass is 268 g/mol. The van der Waals surface area contributed by atoms with Gasteiger partial charge in [0.2, 0.25) is 0 Å². The standard InChI is InChI=1S/C15H28O2Si/c1-5-17-15(16)13-11-9-7-6-8-10-12-14-18(2,3)4/h8,10-11,13H,5-7,9,12,14H2,1-4H3/b10-8-,13-11+. The Balaban J connectivity index is 3.45. The van der Waals surface area contributed by atoms with E-state index in [9.17, 15) is 4.79 Å². The van der Waals surface area contributed by atoms with Crippen LogP contribution in [0.1, 0.15) is 32.6 Å². The number of rotatable bonds is 9. The van der Waals surface area contributed by atoms with Crippen LogP contribution in [0.3, 0.4) is 0 Å². The minimum absolute atomic E-state index is 0.233. The van der Waals surface area contributed by atoms with Gasteiger partial charge in [-0.3, -0.25) is 0 Å². The first-order chi connectivity index (χ1) is 8.45.